The van der Waals surface area contributed by atoms with Crippen LogP contribution in [-0.2, 0) is 0 Å². The number of rotatable bonds is 7. The van der Waals surface area contributed by atoms with Crippen molar-refractivity contribution >= 4 is 0 Å². The van der Waals surface area contributed by atoms with Gasteiger partial charge in [0.1, 0.15) is 0 Å². The van der Waals surface area contributed by atoms with Crippen molar-refractivity contribution in [2.24, 2.45) is 11.7 Å². The highest BCUT2D eigenvalue weighted by molar-refractivity contribution is 4.93. The van der Waals surface area contributed by atoms with Gasteiger partial charge in [0.2, 0.25) is 0 Å². The van der Waals surface area contributed by atoms with Gasteiger partial charge in [0.05, 0.1) is 6.61 Å². The molecule has 2 atom stereocenters. The van der Waals surface area contributed by atoms with Crippen molar-refractivity contribution in [2.75, 3.05) is 13.7 Å². The van der Waals surface area contributed by atoms with Crippen molar-refractivity contribution in [3.63, 3.8) is 0 Å². The van der Waals surface area contributed by atoms with E-state index in [9.17, 15) is 5.11 Å². The van der Waals surface area contributed by atoms with Crippen LogP contribution in [0.2, 0.25) is 0 Å². The van der Waals surface area contributed by atoms with Crippen LogP contribution < -0.4 is 5.73 Å². The molecule has 0 aromatic carbocycles. The summed E-state index contributed by atoms with van der Waals surface area (Å²) in [6.07, 6.45) is 4.74. The average Bonchev–Trinajstić information content (AvgIpc) is 3.03. The van der Waals surface area contributed by atoms with Crippen molar-refractivity contribution in [1.82, 2.24) is 4.90 Å². The first-order chi connectivity index (χ1) is 7.15. The standard InChI is InChI=1S/C12H26N2O/c1-4-10(5-2)14(3)11(8-15)12(13)9-6-7-9/h9-12,15H,4-8,13H2,1-3H3. The van der Waals surface area contributed by atoms with E-state index < -0.39 is 0 Å². The quantitative estimate of drug-likeness (QED) is 0.669. The summed E-state index contributed by atoms with van der Waals surface area (Å²) in [4.78, 5) is 2.28. The maximum Gasteiger partial charge on any atom is 0.0602 e. The molecule has 0 radical (unpaired) electrons. The van der Waals surface area contributed by atoms with E-state index in [1.165, 1.54) is 12.8 Å². The van der Waals surface area contributed by atoms with E-state index in [0.29, 0.717) is 12.0 Å². The Bertz CT molecular complexity index is 178. The zero-order chi connectivity index (χ0) is 11.4. The Morgan fingerprint density at radius 3 is 2.20 bits per heavy atom. The highest BCUT2D eigenvalue weighted by Crippen LogP contribution is 2.34. The van der Waals surface area contributed by atoms with E-state index in [4.69, 9.17) is 5.73 Å². The highest BCUT2D eigenvalue weighted by Gasteiger charge is 2.36. The molecule has 1 fully saturated rings. The van der Waals surface area contributed by atoms with Crippen LogP contribution in [0.3, 0.4) is 0 Å². The number of hydrogen-bond acceptors (Lipinski definition) is 3. The molecule has 3 heteroatoms. The number of hydrogen-bond donors (Lipinski definition) is 2. The van der Waals surface area contributed by atoms with E-state index in [1.54, 1.807) is 0 Å². The zero-order valence-electron chi connectivity index (χ0n) is 10.3. The molecule has 2 unspecified atom stereocenters. The van der Waals surface area contributed by atoms with Crippen LogP contribution in [0.5, 0.6) is 0 Å². The van der Waals surface area contributed by atoms with Crippen LogP contribution in [0.4, 0.5) is 0 Å². The molecule has 1 rings (SSSR count). The number of aliphatic hydroxyl groups excluding tert-OH is 1. The Morgan fingerprint density at radius 1 is 1.33 bits per heavy atom. The first-order valence-electron chi connectivity index (χ1n) is 6.24. The second-order valence-corrected chi connectivity index (χ2v) is 4.80. The van der Waals surface area contributed by atoms with Gasteiger partial charge in [0.15, 0.2) is 0 Å². The van der Waals surface area contributed by atoms with Crippen molar-refractivity contribution in [1.29, 1.82) is 0 Å². The lowest BCUT2D eigenvalue weighted by molar-refractivity contribution is 0.0817. The van der Waals surface area contributed by atoms with Gasteiger partial charge >= 0.3 is 0 Å². The fourth-order valence-corrected chi connectivity index (χ4v) is 2.45. The summed E-state index contributed by atoms with van der Waals surface area (Å²) in [5.41, 5.74) is 6.18. The van der Waals surface area contributed by atoms with Gasteiger partial charge in [-0.15, -0.1) is 0 Å². The molecule has 0 amide bonds. The van der Waals surface area contributed by atoms with Gasteiger partial charge in [-0.3, -0.25) is 4.90 Å². The monoisotopic (exact) mass is 214 g/mol. The number of nitrogens with zero attached hydrogens (tertiary/aromatic N) is 1. The molecule has 1 aliphatic rings. The van der Waals surface area contributed by atoms with Crippen LogP contribution in [0.25, 0.3) is 0 Å². The smallest absolute Gasteiger partial charge is 0.0602 e. The van der Waals surface area contributed by atoms with E-state index in [2.05, 4.69) is 25.8 Å². The molecule has 0 saturated heterocycles. The van der Waals surface area contributed by atoms with Crippen molar-refractivity contribution < 1.29 is 5.11 Å². The molecule has 1 aliphatic carbocycles. The predicted octanol–water partition coefficient (Wildman–Crippen LogP) is 1.21. The molecule has 1 saturated carbocycles. The number of nitrogens with two attached hydrogens (primary N) is 1. The molecule has 0 spiro atoms. The zero-order valence-corrected chi connectivity index (χ0v) is 10.3. The minimum absolute atomic E-state index is 0.141. The minimum Gasteiger partial charge on any atom is -0.395 e. The summed E-state index contributed by atoms with van der Waals surface area (Å²) < 4.78 is 0. The first-order valence-corrected chi connectivity index (χ1v) is 6.24. The number of aliphatic hydroxyl groups is 1. The molecule has 0 aromatic rings. The second-order valence-electron chi connectivity index (χ2n) is 4.80. The third kappa shape index (κ3) is 3.16. The molecule has 90 valence electrons. The molecular formula is C12H26N2O. The predicted molar refractivity (Wildman–Crippen MR) is 63.7 cm³/mol. The largest absolute Gasteiger partial charge is 0.395 e. The fraction of sp³-hybridized carbons (Fsp3) is 1.00. The summed E-state index contributed by atoms with van der Waals surface area (Å²) >= 11 is 0. The van der Waals surface area contributed by atoms with Gasteiger partial charge < -0.3 is 10.8 Å². The van der Waals surface area contributed by atoms with E-state index in [-0.39, 0.29) is 18.7 Å². The lowest BCUT2D eigenvalue weighted by atomic mass is 10.0. The lowest BCUT2D eigenvalue weighted by Crippen LogP contribution is -2.52. The molecule has 0 heterocycles. The molecular weight excluding hydrogens is 188 g/mol. The van der Waals surface area contributed by atoms with Gasteiger partial charge in [0, 0.05) is 18.1 Å². The minimum atomic E-state index is 0.141. The van der Waals surface area contributed by atoms with Crippen molar-refractivity contribution in [3.8, 4) is 0 Å². The van der Waals surface area contributed by atoms with Gasteiger partial charge in [-0.05, 0) is 38.6 Å². The Kier molecular flexibility index (Phi) is 5.03. The maximum absolute atomic E-state index is 9.46. The Balaban J connectivity index is 2.54. The molecule has 0 aliphatic heterocycles. The summed E-state index contributed by atoms with van der Waals surface area (Å²) in [6.45, 7) is 4.58. The van der Waals surface area contributed by atoms with E-state index in [0.717, 1.165) is 12.8 Å². The SMILES string of the molecule is CCC(CC)N(C)C(CO)C(N)C1CC1. The van der Waals surface area contributed by atoms with Crippen molar-refractivity contribution in [2.45, 2.75) is 57.7 Å². The maximum atomic E-state index is 9.46. The molecule has 15 heavy (non-hydrogen) atoms. The highest BCUT2D eigenvalue weighted by atomic mass is 16.3. The first kappa shape index (κ1) is 12.9. The van der Waals surface area contributed by atoms with Crippen LogP contribution in [0, 0.1) is 5.92 Å². The number of likely N-dealkylation sites (N-methyl/N-ethyl adjacent to an activating group) is 1. The second kappa shape index (κ2) is 5.83. The van der Waals surface area contributed by atoms with Crippen LogP contribution in [0.15, 0.2) is 0 Å². The summed E-state index contributed by atoms with van der Waals surface area (Å²) in [6, 6.07) is 0.843. The van der Waals surface area contributed by atoms with Gasteiger partial charge in [-0.2, -0.15) is 0 Å². The Labute approximate surface area is 93.6 Å². The third-order valence-corrected chi connectivity index (χ3v) is 3.84. The van der Waals surface area contributed by atoms with Crippen LogP contribution in [0.1, 0.15) is 39.5 Å². The molecule has 0 bridgehead atoms. The van der Waals surface area contributed by atoms with E-state index >= 15 is 0 Å². The Hall–Kier alpha value is -0.120. The van der Waals surface area contributed by atoms with Gasteiger partial charge in [0.25, 0.3) is 0 Å². The van der Waals surface area contributed by atoms with Crippen LogP contribution in [-0.4, -0.2) is 41.8 Å². The summed E-state index contributed by atoms with van der Waals surface area (Å²) in [7, 11) is 2.10. The lowest BCUT2D eigenvalue weighted by Gasteiger charge is -2.36. The molecule has 3 nitrogen and oxygen atoms in total. The van der Waals surface area contributed by atoms with Crippen LogP contribution >= 0.6 is 0 Å². The Morgan fingerprint density at radius 2 is 1.87 bits per heavy atom. The summed E-state index contributed by atoms with van der Waals surface area (Å²) in [5.74, 6) is 0.652. The topological polar surface area (TPSA) is 49.5 Å². The molecule has 0 aromatic heterocycles. The van der Waals surface area contributed by atoms with Gasteiger partial charge in [-0.1, -0.05) is 13.8 Å². The van der Waals surface area contributed by atoms with Gasteiger partial charge in [-0.25, -0.2) is 0 Å². The van der Waals surface area contributed by atoms with E-state index in [1.807, 2.05) is 0 Å². The fourth-order valence-electron chi connectivity index (χ4n) is 2.45. The average molecular weight is 214 g/mol. The summed E-state index contributed by atoms with van der Waals surface area (Å²) in [5, 5.41) is 9.46. The molecule has 3 N–H and O–H groups in total. The van der Waals surface area contributed by atoms with Crippen molar-refractivity contribution in [3.05, 3.63) is 0 Å². The third-order valence-electron chi connectivity index (χ3n) is 3.84. The normalized spacial score (nSPS) is 21.0.